The van der Waals surface area contributed by atoms with Crippen LogP contribution in [0.2, 0.25) is 0 Å². The molecule has 0 aliphatic carbocycles. The van der Waals surface area contributed by atoms with Crippen LogP contribution in [0.5, 0.6) is 0 Å². The third kappa shape index (κ3) is 6.25. The van der Waals surface area contributed by atoms with Crippen LogP contribution in [-0.4, -0.2) is 26.0 Å². The zero-order valence-electron chi connectivity index (χ0n) is 11.8. The Kier molecular flexibility index (Phi) is 6.97. The smallest absolute Gasteiger partial charge is 0.435 e. The Morgan fingerprint density at radius 3 is 2.42 bits per heavy atom. The predicted octanol–water partition coefficient (Wildman–Crippen LogP) is 3.57. The van der Waals surface area contributed by atoms with Gasteiger partial charge < -0.3 is 14.2 Å². The Bertz CT molecular complexity index is 362. The zero-order chi connectivity index (χ0) is 14.1. The summed E-state index contributed by atoms with van der Waals surface area (Å²) in [6.07, 6.45) is -1.09. The molecule has 4 heteroatoms. The molecule has 1 aromatic rings. The second-order valence-electron chi connectivity index (χ2n) is 4.63. The summed E-state index contributed by atoms with van der Waals surface area (Å²) >= 11 is 0. The topological polar surface area (TPSA) is 44.8 Å². The van der Waals surface area contributed by atoms with Crippen molar-refractivity contribution < 1.29 is 19.0 Å². The first kappa shape index (κ1) is 15.5. The van der Waals surface area contributed by atoms with Crippen LogP contribution in [0.1, 0.15) is 32.4 Å². The van der Waals surface area contributed by atoms with Crippen LogP contribution >= 0.6 is 0 Å². The van der Waals surface area contributed by atoms with Crippen molar-refractivity contribution >= 4 is 6.16 Å². The van der Waals surface area contributed by atoms with Gasteiger partial charge >= 0.3 is 6.16 Å². The fourth-order valence-electron chi connectivity index (χ4n) is 1.54. The molecule has 0 heterocycles. The van der Waals surface area contributed by atoms with E-state index in [-0.39, 0.29) is 0 Å². The van der Waals surface area contributed by atoms with Crippen LogP contribution < -0.4 is 0 Å². The van der Waals surface area contributed by atoms with Crippen molar-refractivity contribution in [3.05, 3.63) is 35.9 Å². The number of hydrogen-bond acceptors (Lipinski definition) is 4. The highest BCUT2D eigenvalue weighted by molar-refractivity contribution is 5.60. The molecule has 0 fully saturated rings. The van der Waals surface area contributed by atoms with Gasteiger partial charge in [-0.1, -0.05) is 44.2 Å². The molecular weight excluding hydrogens is 244 g/mol. The van der Waals surface area contributed by atoms with Gasteiger partial charge in [0, 0.05) is 6.61 Å². The fraction of sp³-hybridized carbons (Fsp3) is 0.533. The molecule has 106 valence electrons. The Labute approximate surface area is 114 Å². The maximum atomic E-state index is 11.4. The summed E-state index contributed by atoms with van der Waals surface area (Å²) in [7, 11) is 0. The van der Waals surface area contributed by atoms with Gasteiger partial charge in [-0.25, -0.2) is 4.79 Å². The molecule has 1 atom stereocenters. The summed E-state index contributed by atoms with van der Waals surface area (Å²) in [4.78, 5) is 11.4. The van der Waals surface area contributed by atoms with E-state index in [9.17, 15) is 4.79 Å². The number of rotatable bonds is 7. The van der Waals surface area contributed by atoms with Crippen molar-refractivity contribution in [1.82, 2.24) is 0 Å². The van der Waals surface area contributed by atoms with E-state index in [0.29, 0.717) is 25.7 Å². The van der Waals surface area contributed by atoms with Gasteiger partial charge in [0.2, 0.25) is 0 Å². The molecule has 1 rings (SSSR count). The molecule has 1 aromatic carbocycles. The summed E-state index contributed by atoms with van der Waals surface area (Å²) in [5.41, 5.74) is 0.902. The summed E-state index contributed by atoms with van der Waals surface area (Å²) in [5.74, 6) is 0.444. The number of carbonyl (C=O) groups excluding carboxylic acids is 1. The lowest BCUT2D eigenvalue weighted by Gasteiger charge is -2.18. The second-order valence-corrected chi connectivity index (χ2v) is 4.63. The third-order valence-corrected chi connectivity index (χ3v) is 2.39. The number of benzene rings is 1. The molecular formula is C15H22O4. The predicted molar refractivity (Wildman–Crippen MR) is 72.9 cm³/mol. The maximum absolute atomic E-state index is 11.4. The van der Waals surface area contributed by atoms with Crippen LogP contribution in [0.25, 0.3) is 0 Å². The summed E-state index contributed by atoms with van der Waals surface area (Å²) < 4.78 is 15.6. The first-order chi connectivity index (χ1) is 9.13. The highest BCUT2D eigenvalue weighted by Gasteiger charge is 2.17. The Morgan fingerprint density at radius 1 is 1.16 bits per heavy atom. The first-order valence-electron chi connectivity index (χ1n) is 6.59. The number of ether oxygens (including phenoxy) is 3. The van der Waals surface area contributed by atoms with Gasteiger partial charge in [0.1, 0.15) is 0 Å². The summed E-state index contributed by atoms with van der Waals surface area (Å²) in [6.45, 7) is 7.16. The van der Waals surface area contributed by atoms with Gasteiger partial charge in [0.15, 0.2) is 6.10 Å². The maximum Gasteiger partial charge on any atom is 0.508 e. The van der Waals surface area contributed by atoms with Crippen LogP contribution in [-0.2, 0) is 14.2 Å². The second kappa shape index (κ2) is 8.53. The third-order valence-electron chi connectivity index (χ3n) is 2.39. The van der Waals surface area contributed by atoms with E-state index in [2.05, 4.69) is 13.8 Å². The lowest BCUT2D eigenvalue weighted by Crippen LogP contribution is -2.18. The largest absolute Gasteiger partial charge is 0.508 e. The molecule has 0 radical (unpaired) electrons. The molecule has 0 N–H and O–H groups in total. The molecule has 0 saturated carbocycles. The van der Waals surface area contributed by atoms with Gasteiger partial charge in [-0.15, -0.1) is 0 Å². The van der Waals surface area contributed by atoms with E-state index >= 15 is 0 Å². The van der Waals surface area contributed by atoms with Gasteiger partial charge in [-0.2, -0.15) is 0 Å². The van der Waals surface area contributed by atoms with E-state index in [1.165, 1.54) is 0 Å². The monoisotopic (exact) mass is 266 g/mol. The first-order valence-corrected chi connectivity index (χ1v) is 6.59. The number of hydrogen-bond donors (Lipinski definition) is 0. The molecule has 0 amide bonds. The standard InChI is InChI=1S/C15H22O4/c1-4-18-15(16)19-14(11-17-10-12(2)3)13-8-6-5-7-9-13/h5-9,12,14H,4,10-11H2,1-3H3. The average molecular weight is 266 g/mol. The zero-order valence-corrected chi connectivity index (χ0v) is 11.8. The molecule has 0 bridgehead atoms. The Morgan fingerprint density at radius 2 is 1.84 bits per heavy atom. The molecule has 0 aromatic heterocycles. The van der Waals surface area contributed by atoms with Gasteiger partial charge in [-0.05, 0) is 18.4 Å². The van der Waals surface area contributed by atoms with Crippen molar-refractivity contribution in [1.29, 1.82) is 0 Å². The molecule has 0 spiro atoms. The van der Waals surface area contributed by atoms with E-state index in [4.69, 9.17) is 14.2 Å². The molecule has 19 heavy (non-hydrogen) atoms. The fourth-order valence-corrected chi connectivity index (χ4v) is 1.54. The summed E-state index contributed by atoms with van der Waals surface area (Å²) in [6, 6.07) is 9.53. The van der Waals surface area contributed by atoms with Gasteiger partial charge in [-0.3, -0.25) is 0 Å². The highest BCUT2D eigenvalue weighted by Crippen LogP contribution is 2.18. The van der Waals surface area contributed by atoms with Crippen molar-refractivity contribution in [2.45, 2.75) is 26.9 Å². The summed E-state index contributed by atoms with van der Waals surface area (Å²) in [5, 5.41) is 0. The van der Waals surface area contributed by atoms with Crippen LogP contribution in [0.3, 0.4) is 0 Å². The normalized spacial score (nSPS) is 12.2. The minimum absolute atomic E-state index is 0.299. The molecule has 0 aliphatic heterocycles. The number of carbonyl (C=O) groups is 1. The Hall–Kier alpha value is -1.55. The van der Waals surface area contributed by atoms with E-state index in [0.717, 1.165) is 5.56 Å². The minimum Gasteiger partial charge on any atom is -0.435 e. The van der Waals surface area contributed by atoms with E-state index in [1.807, 2.05) is 30.3 Å². The van der Waals surface area contributed by atoms with Crippen molar-refractivity contribution in [2.75, 3.05) is 19.8 Å². The lowest BCUT2D eigenvalue weighted by atomic mass is 10.1. The van der Waals surface area contributed by atoms with Crippen molar-refractivity contribution in [2.24, 2.45) is 5.92 Å². The van der Waals surface area contributed by atoms with E-state index < -0.39 is 12.3 Å². The van der Waals surface area contributed by atoms with Crippen molar-refractivity contribution in [3.63, 3.8) is 0 Å². The molecule has 0 saturated heterocycles. The molecule has 0 aliphatic rings. The van der Waals surface area contributed by atoms with Crippen LogP contribution in [0, 0.1) is 5.92 Å². The van der Waals surface area contributed by atoms with Crippen molar-refractivity contribution in [3.8, 4) is 0 Å². The lowest BCUT2D eigenvalue weighted by molar-refractivity contribution is -0.0205. The Balaban J connectivity index is 2.60. The molecule has 4 nitrogen and oxygen atoms in total. The van der Waals surface area contributed by atoms with Crippen LogP contribution in [0.15, 0.2) is 30.3 Å². The minimum atomic E-state index is -0.662. The van der Waals surface area contributed by atoms with Gasteiger partial charge in [0.05, 0.1) is 13.2 Å². The van der Waals surface area contributed by atoms with Crippen LogP contribution in [0.4, 0.5) is 4.79 Å². The SMILES string of the molecule is CCOC(=O)OC(COCC(C)C)c1ccccc1. The molecule has 1 unspecified atom stereocenters. The highest BCUT2D eigenvalue weighted by atomic mass is 16.7. The van der Waals surface area contributed by atoms with E-state index in [1.54, 1.807) is 6.92 Å². The van der Waals surface area contributed by atoms with Gasteiger partial charge in [0.25, 0.3) is 0 Å². The quantitative estimate of drug-likeness (QED) is 0.708. The average Bonchev–Trinajstić information content (AvgIpc) is 2.38.